The molecule has 2 heterocycles. The van der Waals surface area contributed by atoms with Crippen molar-refractivity contribution in [3.05, 3.63) is 83.8 Å². The van der Waals surface area contributed by atoms with Gasteiger partial charge in [0, 0.05) is 17.6 Å². The molecular formula is C23H23N3O2. The second kappa shape index (κ2) is 8.05. The van der Waals surface area contributed by atoms with Gasteiger partial charge in [-0.05, 0) is 67.1 Å². The van der Waals surface area contributed by atoms with Crippen LogP contribution in [0.2, 0.25) is 0 Å². The van der Waals surface area contributed by atoms with Crippen LogP contribution in [0.15, 0.2) is 71.1 Å². The lowest BCUT2D eigenvalue weighted by atomic mass is 10.1. The maximum Gasteiger partial charge on any atom is 0.127 e. The summed E-state index contributed by atoms with van der Waals surface area (Å²) in [5.41, 5.74) is 3.18. The minimum atomic E-state index is 0.618. The van der Waals surface area contributed by atoms with Gasteiger partial charge in [-0.2, -0.15) is 0 Å². The summed E-state index contributed by atoms with van der Waals surface area (Å²) < 4.78 is 10.9. The van der Waals surface area contributed by atoms with E-state index in [1.54, 1.807) is 7.11 Å². The average molecular weight is 373 g/mol. The highest BCUT2D eigenvalue weighted by atomic mass is 16.5. The van der Waals surface area contributed by atoms with E-state index in [4.69, 9.17) is 9.15 Å². The van der Waals surface area contributed by atoms with Gasteiger partial charge in [-0.1, -0.05) is 12.1 Å². The van der Waals surface area contributed by atoms with Gasteiger partial charge in [0.1, 0.15) is 23.1 Å². The number of rotatable bonds is 7. The number of aromatic nitrogens is 1. The van der Waals surface area contributed by atoms with Gasteiger partial charge in [0.2, 0.25) is 0 Å². The molecule has 0 atom stereocenters. The van der Waals surface area contributed by atoms with Crippen LogP contribution in [0.25, 0.3) is 10.9 Å². The van der Waals surface area contributed by atoms with Crippen LogP contribution in [-0.2, 0) is 13.1 Å². The van der Waals surface area contributed by atoms with Crippen molar-refractivity contribution in [2.24, 2.45) is 0 Å². The van der Waals surface area contributed by atoms with E-state index in [2.05, 4.69) is 39.9 Å². The lowest BCUT2D eigenvalue weighted by molar-refractivity contribution is 0.414. The van der Waals surface area contributed by atoms with Gasteiger partial charge in [0.15, 0.2) is 0 Å². The number of fused-ring (bicyclic) bond motifs is 1. The summed E-state index contributed by atoms with van der Waals surface area (Å²) >= 11 is 0. The van der Waals surface area contributed by atoms with Gasteiger partial charge in [0.05, 0.1) is 19.2 Å². The molecule has 4 rings (SSSR count). The first-order chi connectivity index (χ1) is 13.7. The summed E-state index contributed by atoms with van der Waals surface area (Å²) in [5, 5.41) is 7.86. The van der Waals surface area contributed by atoms with Crippen molar-refractivity contribution in [1.82, 2.24) is 4.98 Å². The van der Waals surface area contributed by atoms with Crippen molar-refractivity contribution < 1.29 is 9.15 Å². The lowest BCUT2D eigenvalue weighted by Gasteiger charge is -2.10. The zero-order valence-electron chi connectivity index (χ0n) is 16.0. The Kier molecular flexibility index (Phi) is 5.15. The number of methoxy groups -OCH3 is 1. The Hall–Kier alpha value is -3.47. The second-order valence-corrected chi connectivity index (χ2v) is 6.67. The molecule has 5 heteroatoms. The van der Waals surface area contributed by atoms with E-state index in [-0.39, 0.29) is 0 Å². The highest BCUT2D eigenvalue weighted by Gasteiger charge is 2.03. The smallest absolute Gasteiger partial charge is 0.127 e. The second-order valence-electron chi connectivity index (χ2n) is 6.67. The van der Waals surface area contributed by atoms with Crippen molar-refractivity contribution in [2.45, 2.75) is 20.0 Å². The quantitative estimate of drug-likeness (QED) is 0.456. The van der Waals surface area contributed by atoms with Gasteiger partial charge in [-0.15, -0.1) is 0 Å². The van der Waals surface area contributed by atoms with E-state index in [1.807, 2.05) is 49.4 Å². The van der Waals surface area contributed by atoms with Crippen LogP contribution in [0, 0.1) is 6.92 Å². The largest absolute Gasteiger partial charge is 0.497 e. The van der Waals surface area contributed by atoms with E-state index in [9.17, 15) is 0 Å². The van der Waals surface area contributed by atoms with Crippen molar-refractivity contribution in [2.75, 3.05) is 17.7 Å². The molecular weight excluding hydrogens is 350 g/mol. The molecule has 2 N–H and O–H groups in total. The molecule has 0 radical (unpaired) electrons. The van der Waals surface area contributed by atoms with Gasteiger partial charge in [-0.3, -0.25) is 0 Å². The van der Waals surface area contributed by atoms with Crippen molar-refractivity contribution in [3.63, 3.8) is 0 Å². The van der Waals surface area contributed by atoms with Crippen LogP contribution < -0.4 is 15.4 Å². The molecule has 2 aromatic heterocycles. The van der Waals surface area contributed by atoms with Gasteiger partial charge >= 0.3 is 0 Å². The Morgan fingerprint density at radius 3 is 2.68 bits per heavy atom. The normalized spacial score (nSPS) is 10.8. The first-order valence-corrected chi connectivity index (χ1v) is 9.26. The molecule has 0 fully saturated rings. The third-order valence-electron chi connectivity index (χ3n) is 4.56. The fraction of sp³-hybridized carbons (Fsp3) is 0.174. The van der Waals surface area contributed by atoms with Crippen LogP contribution >= 0.6 is 0 Å². The van der Waals surface area contributed by atoms with Crippen molar-refractivity contribution in [3.8, 4) is 5.75 Å². The Bertz CT molecular complexity index is 1090. The van der Waals surface area contributed by atoms with Crippen LogP contribution in [0.3, 0.4) is 0 Å². The summed E-state index contributed by atoms with van der Waals surface area (Å²) in [6, 6.07) is 22.3. The number of pyridine rings is 1. The molecule has 0 saturated heterocycles. The maximum atomic E-state index is 5.58. The van der Waals surface area contributed by atoms with E-state index >= 15 is 0 Å². The Labute approximate surface area is 164 Å². The van der Waals surface area contributed by atoms with Crippen LogP contribution in [0.4, 0.5) is 11.5 Å². The average Bonchev–Trinajstić information content (AvgIpc) is 3.16. The van der Waals surface area contributed by atoms with E-state index < -0.39 is 0 Å². The molecule has 0 bridgehead atoms. The summed E-state index contributed by atoms with van der Waals surface area (Å²) in [7, 11) is 1.68. The molecule has 28 heavy (non-hydrogen) atoms. The standard InChI is InChI=1S/C23H23N3O2/c1-16-6-9-21(28-16)15-25-23-11-7-18-13-19(8-10-22(18)26-23)24-14-17-4-3-5-20(12-17)27-2/h3-13,24H,14-15H2,1-2H3,(H,25,26). The molecule has 142 valence electrons. The number of nitrogens with one attached hydrogen (secondary N) is 2. The number of hydrogen-bond donors (Lipinski definition) is 2. The minimum Gasteiger partial charge on any atom is -0.497 e. The summed E-state index contributed by atoms with van der Waals surface area (Å²) in [6.45, 7) is 3.29. The predicted octanol–water partition coefficient (Wildman–Crippen LogP) is 5.37. The third kappa shape index (κ3) is 4.26. The third-order valence-corrected chi connectivity index (χ3v) is 4.56. The van der Waals surface area contributed by atoms with Crippen LogP contribution in [0.1, 0.15) is 17.1 Å². The molecule has 5 nitrogen and oxygen atoms in total. The zero-order valence-corrected chi connectivity index (χ0v) is 16.0. The Morgan fingerprint density at radius 2 is 1.86 bits per heavy atom. The lowest BCUT2D eigenvalue weighted by Crippen LogP contribution is -2.01. The summed E-state index contributed by atoms with van der Waals surface area (Å²) in [5.74, 6) is 3.51. The number of furan rings is 1. The number of benzene rings is 2. The fourth-order valence-corrected chi connectivity index (χ4v) is 3.08. The SMILES string of the molecule is COc1cccc(CNc2ccc3nc(NCc4ccc(C)o4)ccc3c2)c1. The van der Waals surface area contributed by atoms with E-state index in [0.29, 0.717) is 6.54 Å². The monoisotopic (exact) mass is 373 g/mol. The minimum absolute atomic E-state index is 0.618. The predicted molar refractivity (Wildman–Crippen MR) is 113 cm³/mol. The molecule has 0 saturated carbocycles. The first-order valence-electron chi connectivity index (χ1n) is 9.26. The maximum absolute atomic E-state index is 5.58. The van der Waals surface area contributed by atoms with E-state index in [1.165, 1.54) is 5.56 Å². The Morgan fingerprint density at radius 1 is 0.929 bits per heavy atom. The molecule has 0 spiro atoms. The number of aryl methyl sites for hydroxylation is 1. The zero-order chi connectivity index (χ0) is 19.3. The molecule has 0 aliphatic rings. The number of anilines is 2. The Balaban J connectivity index is 1.42. The topological polar surface area (TPSA) is 59.3 Å². The fourth-order valence-electron chi connectivity index (χ4n) is 3.08. The summed E-state index contributed by atoms with van der Waals surface area (Å²) in [6.07, 6.45) is 0. The van der Waals surface area contributed by atoms with Crippen LogP contribution in [0.5, 0.6) is 5.75 Å². The van der Waals surface area contributed by atoms with Gasteiger partial charge in [-0.25, -0.2) is 4.98 Å². The molecule has 0 aliphatic carbocycles. The first kappa shape index (κ1) is 17.9. The van der Waals surface area contributed by atoms with Crippen molar-refractivity contribution >= 4 is 22.4 Å². The van der Waals surface area contributed by atoms with Gasteiger partial charge < -0.3 is 19.8 Å². The number of hydrogen-bond acceptors (Lipinski definition) is 5. The van der Waals surface area contributed by atoms with Gasteiger partial charge in [0.25, 0.3) is 0 Å². The molecule has 0 unspecified atom stereocenters. The van der Waals surface area contributed by atoms with Crippen molar-refractivity contribution in [1.29, 1.82) is 0 Å². The van der Waals surface area contributed by atoms with Crippen LogP contribution in [-0.4, -0.2) is 12.1 Å². The van der Waals surface area contributed by atoms with E-state index in [0.717, 1.165) is 46.2 Å². The highest BCUT2D eigenvalue weighted by Crippen LogP contribution is 2.21. The molecule has 4 aromatic rings. The number of nitrogens with zero attached hydrogens (tertiary/aromatic N) is 1. The molecule has 2 aromatic carbocycles. The molecule has 0 amide bonds. The highest BCUT2D eigenvalue weighted by molar-refractivity contribution is 5.83. The molecule has 0 aliphatic heterocycles. The number of ether oxygens (including phenoxy) is 1. The summed E-state index contributed by atoms with van der Waals surface area (Å²) in [4.78, 5) is 4.68.